The van der Waals surface area contributed by atoms with Crippen molar-refractivity contribution in [2.75, 3.05) is 0 Å². The highest BCUT2D eigenvalue weighted by molar-refractivity contribution is 7.78. The van der Waals surface area contributed by atoms with E-state index in [2.05, 4.69) is 0 Å². The molecule has 0 aromatic heterocycles. The van der Waals surface area contributed by atoms with Gasteiger partial charge < -0.3 is 9.29 Å². The lowest BCUT2D eigenvalue weighted by molar-refractivity contribution is -0.434. The summed E-state index contributed by atoms with van der Waals surface area (Å²) in [5.74, 6) is -3.74. The SMILES string of the molecule is O=[N+]([O-])C1=Cc2c(ccc3ccc(-c4cccc(CS(=O)O)c4)cc23)OC1c1cc(F)c(F)cc1F. The number of nitrogens with zero attached hydrogens (tertiary/aromatic N) is 1. The molecule has 1 aliphatic rings. The maximum atomic E-state index is 14.5. The molecule has 2 atom stereocenters. The second-order valence-electron chi connectivity index (χ2n) is 8.19. The minimum atomic E-state index is -2.00. The lowest BCUT2D eigenvalue weighted by Gasteiger charge is -2.24. The van der Waals surface area contributed by atoms with E-state index in [0.29, 0.717) is 28.6 Å². The van der Waals surface area contributed by atoms with Gasteiger partial charge >= 0.3 is 0 Å². The van der Waals surface area contributed by atoms with Gasteiger partial charge in [0.05, 0.1) is 10.7 Å². The van der Waals surface area contributed by atoms with Crippen LogP contribution in [-0.4, -0.2) is 13.7 Å². The fourth-order valence-electron chi connectivity index (χ4n) is 4.26. The molecule has 0 spiro atoms. The van der Waals surface area contributed by atoms with Crippen molar-refractivity contribution in [3.05, 3.63) is 117 Å². The monoisotopic (exact) mass is 511 g/mol. The molecule has 0 bridgehead atoms. The van der Waals surface area contributed by atoms with E-state index in [9.17, 15) is 32.0 Å². The summed E-state index contributed by atoms with van der Waals surface area (Å²) < 4.78 is 67.9. The predicted octanol–water partition coefficient (Wildman–Crippen LogP) is 6.40. The Morgan fingerprint density at radius 3 is 2.42 bits per heavy atom. The minimum absolute atomic E-state index is 0.0263. The van der Waals surface area contributed by atoms with E-state index < -0.39 is 50.8 Å². The van der Waals surface area contributed by atoms with Crippen LogP contribution in [0, 0.1) is 27.6 Å². The molecule has 1 N–H and O–H groups in total. The predicted molar refractivity (Wildman–Crippen MR) is 129 cm³/mol. The molecule has 0 radical (unpaired) electrons. The van der Waals surface area contributed by atoms with Crippen molar-refractivity contribution in [2.24, 2.45) is 0 Å². The minimum Gasteiger partial charge on any atom is -0.474 e. The van der Waals surface area contributed by atoms with Gasteiger partial charge in [0, 0.05) is 23.3 Å². The van der Waals surface area contributed by atoms with Crippen LogP contribution in [0.5, 0.6) is 5.75 Å². The van der Waals surface area contributed by atoms with Gasteiger partial charge in [0.25, 0.3) is 5.70 Å². The number of halogens is 3. The van der Waals surface area contributed by atoms with Crippen LogP contribution in [0.25, 0.3) is 28.0 Å². The maximum Gasteiger partial charge on any atom is 0.291 e. The van der Waals surface area contributed by atoms with Gasteiger partial charge in [0.2, 0.25) is 6.10 Å². The molecule has 0 aliphatic carbocycles. The Labute approximate surface area is 205 Å². The Kier molecular flexibility index (Phi) is 6.07. The first-order valence-electron chi connectivity index (χ1n) is 10.6. The van der Waals surface area contributed by atoms with E-state index in [1.165, 1.54) is 6.08 Å². The molecule has 0 amide bonds. The summed E-state index contributed by atoms with van der Waals surface area (Å²) in [5.41, 5.74) is 1.56. The molecule has 0 saturated heterocycles. The van der Waals surface area contributed by atoms with Gasteiger partial charge in [0.1, 0.15) is 11.6 Å². The highest BCUT2D eigenvalue weighted by atomic mass is 32.2. The van der Waals surface area contributed by atoms with Gasteiger partial charge in [-0.1, -0.05) is 42.5 Å². The Bertz CT molecular complexity index is 1600. The Hall–Kier alpha value is -4.02. The van der Waals surface area contributed by atoms with Crippen LogP contribution in [0.2, 0.25) is 0 Å². The molecule has 2 unspecified atom stereocenters. The Morgan fingerprint density at radius 2 is 1.67 bits per heavy atom. The topological polar surface area (TPSA) is 89.7 Å². The van der Waals surface area contributed by atoms with E-state index in [4.69, 9.17) is 4.74 Å². The van der Waals surface area contributed by atoms with Crippen molar-refractivity contribution >= 4 is 27.9 Å². The van der Waals surface area contributed by atoms with Gasteiger partial charge in [-0.05, 0) is 45.7 Å². The third-order valence-electron chi connectivity index (χ3n) is 5.91. The van der Waals surface area contributed by atoms with Crippen LogP contribution in [0.15, 0.2) is 72.4 Å². The number of benzene rings is 4. The first-order valence-corrected chi connectivity index (χ1v) is 11.9. The molecular weight excluding hydrogens is 495 g/mol. The molecule has 1 heterocycles. The van der Waals surface area contributed by atoms with E-state index in [-0.39, 0.29) is 11.5 Å². The molecule has 10 heteroatoms. The number of ether oxygens (including phenoxy) is 1. The molecule has 0 fully saturated rings. The summed E-state index contributed by atoms with van der Waals surface area (Å²) in [4.78, 5) is 11.1. The Balaban J connectivity index is 1.64. The molecule has 5 rings (SSSR count). The second-order valence-corrected chi connectivity index (χ2v) is 9.12. The molecule has 4 aromatic rings. The van der Waals surface area contributed by atoms with Crippen molar-refractivity contribution in [3.8, 4) is 16.9 Å². The highest BCUT2D eigenvalue weighted by Crippen LogP contribution is 2.42. The summed E-state index contributed by atoms with van der Waals surface area (Å²) in [6.07, 6.45) is -0.332. The average molecular weight is 511 g/mol. The van der Waals surface area contributed by atoms with Crippen LogP contribution >= 0.6 is 0 Å². The quantitative estimate of drug-likeness (QED) is 0.145. The molecular formula is C26H16F3NO5S. The van der Waals surface area contributed by atoms with Crippen molar-refractivity contribution in [3.63, 3.8) is 0 Å². The zero-order valence-electron chi connectivity index (χ0n) is 18.3. The van der Waals surface area contributed by atoms with E-state index in [1.807, 2.05) is 18.2 Å². The van der Waals surface area contributed by atoms with Crippen LogP contribution in [-0.2, 0) is 16.8 Å². The van der Waals surface area contributed by atoms with Crippen LogP contribution in [0.1, 0.15) is 22.8 Å². The Morgan fingerprint density at radius 1 is 0.944 bits per heavy atom. The molecule has 0 saturated carbocycles. The molecule has 36 heavy (non-hydrogen) atoms. The lowest BCUT2D eigenvalue weighted by Crippen LogP contribution is -2.21. The van der Waals surface area contributed by atoms with Crippen molar-refractivity contribution in [1.29, 1.82) is 0 Å². The largest absolute Gasteiger partial charge is 0.474 e. The standard InChI is InChI=1S/C26H16F3NO5S/c27-21-12-23(29)22(28)10-20(21)26-24(30(31)32)11-19-18-9-17(5-4-15(18)6-7-25(19)35-26)16-3-1-2-14(8-16)13-36(33)34/h1-12,26H,13H2,(H,33,34). The fraction of sp³-hybridized carbons (Fsp3) is 0.0769. The molecule has 1 aliphatic heterocycles. The fourth-order valence-corrected chi connectivity index (χ4v) is 4.72. The third-order valence-corrected chi connectivity index (χ3v) is 6.49. The highest BCUT2D eigenvalue weighted by Gasteiger charge is 2.36. The number of nitro groups is 1. The number of fused-ring (bicyclic) bond motifs is 3. The number of hydrogen-bond acceptors (Lipinski definition) is 4. The number of hydrogen-bond donors (Lipinski definition) is 1. The van der Waals surface area contributed by atoms with E-state index in [0.717, 1.165) is 16.5 Å². The summed E-state index contributed by atoms with van der Waals surface area (Å²) in [5, 5.41) is 13.3. The van der Waals surface area contributed by atoms with E-state index in [1.54, 1.807) is 36.4 Å². The van der Waals surface area contributed by atoms with Gasteiger partial charge in [-0.3, -0.25) is 10.1 Å². The maximum absolute atomic E-state index is 14.5. The molecule has 182 valence electrons. The van der Waals surface area contributed by atoms with Crippen LogP contribution in [0.4, 0.5) is 13.2 Å². The van der Waals surface area contributed by atoms with E-state index >= 15 is 0 Å². The summed E-state index contributed by atoms with van der Waals surface area (Å²) in [6.45, 7) is 0. The molecule has 6 nitrogen and oxygen atoms in total. The zero-order chi connectivity index (χ0) is 25.6. The van der Waals surface area contributed by atoms with Gasteiger partial charge in [0.15, 0.2) is 22.7 Å². The third kappa shape index (κ3) is 4.36. The smallest absolute Gasteiger partial charge is 0.291 e. The summed E-state index contributed by atoms with van der Waals surface area (Å²) in [7, 11) is 0. The zero-order valence-corrected chi connectivity index (χ0v) is 19.1. The second kappa shape index (κ2) is 9.21. The number of rotatable bonds is 5. The van der Waals surface area contributed by atoms with Gasteiger partial charge in [-0.25, -0.2) is 17.4 Å². The van der Waals surface area contributed by atoms with Gasteiger partial charge in [-0.15, -0.1) is 0 Å². The van der Waals surface area contributed by atoms with Crippen LogP contribution < -0.4 is 4.74 Å². The normalized spacial score (nSPS) is 15.7. The average Bonchev–Trinajstić information content (AvgIpc) is 2.84. The first kappa shape index (κ1) is 23.7. The van der Waals surface area contributed by atoms with Crippen molar-refractivity contribution in [2.45, 2.75) is 11.9 Å². The summed E-state index contributed by atoms with van der Waals surface area (Å²) in [6, 6.07) is 16.8. The van der Waals surface area contributed by atoms with Crippen molar-refractivity contribution in [1.82, 2.24) is 0 Å². The van der Waals surface area contributed by atoms with Crippen molar-refractivity contribution < 1.29 is 31.6 Å². The lowest BCUT2D eigenvalue weighted by atomic mass is 9.94. The summed E-state index contributed by atoms with van der Waals surface area (Å²) >= 11 is -2.00. The van der Waals surface area contributed by atoms with Crippen LogP contribution in [0.3, 0.4) is 0 Å². The first-order chi connectivity index (χ1) is 17.2. The van der Waals surface area contributed by atoms with Gasteiger partial charge in [-0.2, -0.15) is 0 Å². The molecule has 4 aromatic carbocycles.